The number of ether oxygens (including phenoxy) is 5. The van der Waals surface area contributed by atoms with Crippen LogP contribution in [0.1, 0.15) is 76.2 Å². The smallest absolute Gasteiger partial charge is 0.328 e. The van der Waals surface area contributed by atoms with E-state index in [-0.39, 0.29) is 31.4 Å². The molecule has 7 rings (SSSR count). The molecule has 6 aliphatic rings. The molecule has 6 fully saturated rings. The number of aryl methyl sites for hydroxylation is 1. The molecule has 1 aromatic rings. The van der Waals surface area contributed by atoms with Crippen LogP contribution in [0.15, 0.2) is 15.8 Å². The van der Waals surface area contributed by atoms with Gasteiger partial charge < -0.3 is 28.8 Å². The number of aromatic amines is 1. The van der Waals surface area contributed by atoms with Crippen molar-refractivity contribution < 1.29 is 33.6 Å². The monoisotopic (exact) mass is 563 g/mol. The van der Waals surface area contributed by atoms with Crippen molar-refractivity contribution in [2.24, 2.45) is 0 Å². The van der Waals surface area contributed by atoms with E-state index in [1.54, 1.807) is 18.2 Å². The highest BCUT2D eigenvalue weighted by Gasteiger charge is 2.64. The molecule has 12 nitrogen and oxygen atoms in total. The molecule has 12 heteroatoms. The van der Waals surface area contributed by atoms with E-state index < -0.39 is 47.4 Å². The van der Waals surface area contributed by atoms with Crippen LogP contribution in [-0.2, 0) is 35.1 Å². The van der Waals surface area contributed by atoms with E-state index in [0.717, 1.165) is 51.4 Å². The summed E-state index contributed by atoms with van der Waals surface area (Å²) in [6.07, 6.45) is 9.69. The second-order valence-electron chi connectivity index (χ2n) is 12.4. The van der Waals surface area contributed by atoms with E-state index in [1.165, 1.54) is 17.4 Å². The lowest BCUT2D eigenvalue weighted by Crippen LogP contribution is -2.48. The summed E-state index contributed by atoms with van der Waals surface area (Å²) in [6, 6.07) is -0.356. The van der Waals surface area contributed by atoms with Gasteiger partial charge in [0.25, 0.3) is 5.56 Å². The number of nitrogens with one attached hydrogen (secondary N) is 1. The van der Waals surface area contributed by atoms with Crippen LogP contribution < -0.4 is 11.2 Å². The molecule has 0 radical (unpaired) electrons. The van der Waals surface area contributed by atoms with Gasteiger partial charge in [0.2, 0.25) is 0 Å². The number of rotatable bonds is 5. The number of aliphatic hydroxyl groups is 1. The van der Waals surface area contributed by atoms with Crippen LogP contribution in [0.3, 0.4) is 0 Å². The zero-order valence-corrected chi connectivity index (χ0v) is 23.1. The summed E-state index contributed by atoms with van der Waals surface area (Å²) in [6.45, 7) is 2.19. The van der Waals surface area contributed by atoms with E-state index in [0.29, 0.717) is 18.6 Å². The molecule has 1 aromatic heterocycles. The highest BCUT2D eigenvalue weighted by Crippen LogP contribution is 2.50. The topological polar surface area (TPSA) is 134 Å². The summed E-state index contributed by atoms with van der Waals surface area (Å²) >= 11 is 0. The van der Waals surface area contributed by atoms with Crippen LogP contribution in [0.4, 0.5) is 0 Å². The number of nitrogens with zero attached hydrogens (tertiary/aromatic N) is 2. The van der Waals surface area contributed by atoms with Crippen molar-refractivity contribution in [2.75, 3.05) is 13.2 Å². The summed E-state index contributed by atoms with van der Waals surface area (Å²) in [5.74, 6) is -1.17. The minimum absolute atomic E-state index is 0.143. The SMILES string of the molecule is Cc1cn(C[C@@H]2C[C@H](CO)N([C@H]3O[C@H]([C@H]4COC5(CCCCC5)O4)[C@@H]4OC5(CCCCC5)O[C@@H]43)O2)c(=O)[nH]c1=O. The van der Waals surface area contributed by atoms with E-state index >= 15 is 0 Å². The first-order chi connectivity index (χ1) is 19.4. The standard InChI is InChI=1S/C28H41N3O9/c1-17-13-30(26(34)29-24(17)33)14-19-12-18(15-32)31(40-19)25-23-22(38-28(39-23)10-6-3-7-11-28)21(36-25)20-16-35-27(37-20)8-4-2-5-9-27/h13,18-23,25,32H,2-12,14-16H2,1H3,(H,29,33,34)/t18-,19+,20-,21-,22+,23+,25+/m1/s1. The van der Waals surface area contributed by atoms with E-state index in [4.69, 9.17) is 28.5 Å². The maximum Gasteiger partial charge on any atom is 0.328 e. The Bertz CT molecular complexity index is 1190. The van der Waals surface area contributed by atoms with E-state index in [1.807, 2.05) is 0 Å². The van der Waals surface area contributed by atoms with Crippen LogP contribution in [-0.4, -0.2) is 87.3 Å². The van der Waals surface area contributed by atoms with E-state index in [2.05, 4.69) is 4.98 Å². The number of fused-ring (bicyclic) bond motifs is 1. The highest BCUT2D eigenvalue weighted by molar-refractivity contribution is 5.05. The molecule has 0 bridgehead atoms. The van der Waals surface area contributed by atoms with Gasteiger partial charge in [0.15, 0.2) is 17.8 Å². The Kier molecular flexibility index (Phi) is 7.19. The van der Waals surface area contributed by atoms with Gasteiger partial charge in [-0.05, 0) is 39.0 Å². The first-order valence-corrected chi connectivity index (χ1v) is 15.1. The normalized spacial score (nSPS) is 38.9. The molecule has 2 saturated carbocycles. The van der Waals surface area contributed by atoms with Gasteiger partial charge in [0.1, 0.15) is 24.4 Å². The van der Waals surface area contributed by atoms with Crippen LogP contribution in [0, 0.1) is 6.92 Å². The van der Waals surface area contributed by atoms with Gasteiger partial charge in [-0.2, -0.15) is 5.06 Å². The lowest BCUT2D eigenvalue weighted by atomic mass is 9.94. The molecule has 2 N–H and O–H groups in total. The van der Waals surface area contributed by atoms with Gasteiger partial charge in [0, 0.05) is 37.4 Å². The molecular weight excluding hydrogens is 522 g/mol. The Morgan fingerprint density at radius 1 is 0.950 bits per heavy atom. The van der Waals surface area contributed by atoms with Crippen molar-refractivity contribution in [1.82, 2.24) is 14.6 Å². The predicted molar refractivity (Wildman–Crippen MR) is 139 cm³/mol. The molecular formula is C28H41N3O9. The fraction of sp³-hybridized carbons (Fsp3) is 0.857. The van der Waals surface area contributed by atoms with Crippen molar-refractivity contribution in [1.29, 1.82) is 0 Å². The number of hydroxylamine groups is 2. The van der Waals surface area contributed by atoms with Gasteiger partial charge in [-0.3, -0.25) is 19.2 Å². The molecule has 4 saturated heterocycles. The number of H-pyrrole nitrogens is 1. The third-order valence-electron chi connectivity index (χ3n) is 9.62. The minimum atomic E-state index is -0.634. The quantitative estimate of drug-likeness (QED) is 0.542. The van der Waals surface area contributed by atoms with Crippen LogP contribution >= 0.6 is 0 Å². The average Bonchev–Trinajstić information content (AvgIpc) is 3.71. The zero-order chi connectivity index (χ0) is 27.5. The molecule has 222 valence electrons. The van der Waals surface area contributed by atoms with Gasteiger partial charge in [0.05, 0.1) is 31.9 Å². The molecule has 0 aromatic carbocycles. The Morgan fingerprint density at radius 2 is 1.65 bits per heavy atom. The molecule has 40 heavy (non-hydrogen) atoms. The number of aliphatic hydroxyl groups excluding tert-OH is 1. The predicted octanol–water partition coefficient (Wildman–Crippen LogP) is 1.46. The Labute approximate surface area is 232 Å². The molecule has 2 aliphatic carbocycles. The summed E-state index contributed by atoms with van der Waals surface area (Å²) in [5.41, 5.74) is -0.443. The first-order valence-electron chi connectivity index (χ1n) is 15.1. The van der Waals surface area contributed by atoms with Gasteiger partial charge >= 0.3 is 5.69 Å². The Balaban J connectivity index is 1.12. The third kappa shape index (κ3) is 4.80. The summed E-state index contributed by atoms with van der Waals surface area (Å²) < 4.78 is 34.4. The minimum Gasteiger partial charge on any atom is -0.395 e. The fourth-order valence-corrected chi connectivity index (χ4v) is 7.58. The number of aromatic nitrogens is 2. The maximum absolute atomic E-state index is 12.4. The van der Waals surface area contributed by atoms with Crippen LogP contribution in [0.25, 0.3) is 0 Å². The number of hydrogen-bond acceptors (Lipinski definition) is 10. The van der Waals surface area contributed by atoms with Gasteiger partial charge in [-0.15, -0.1) is 0 Å². The Morgan fingerprint density at radius 3 is 2.38 bits per heavy atom. The molecule has 5 heterocycles. The third-order valence-corrected chi connectivity index (χ3v) is 9.62. The first kappa shape index (κ1) is 27.2. The van der Waals surface area contributed by atoms with Crippen molar-refractivity contribution in [3.8, 4) is 0 Å². The van der Waals surface area contributed by atoms with Crippen molar-refractivity contribution in [3.63, 3.8) is 0 Å². The fourth-order valence-electron chi connectivity index (χ4n) is 7.58. The summed E-state index contributed by atoms with van der Waals surface area (Å²) in [4.78, 5) is 32.9. The zero-order valence-electron chi connectivity index (χ0n) is 23.1. The van der Waals surface area contributed by atoms with E-state index in [9.17, 15) is 14.7 Å². The maximum atomic E-state index is 12.4. The molecule has 0 unspecified atom stereocenters. The lowest BCUT2D eigenvalue weighted by Gasteiger charge is -2.37. The van der Waals surface area contributed by atoms with Gasteiger partial charge in [-0.25, -0.2) is 4.79 Å². The van der Waals surface area contributed by atoms with Crippen molar-refractivity contribution in [2.45, 2.75) is 138 Å². The summed E-state index contributed by atoms with van der Waals surface area (Å²) in [5, 5.41) is 12.0. The Hall–Kier alpha value is -1.64. The largest absolute Gasteiger partial charge is 0.395 e. The molecule has 7 atom stereocenters. The van der Waals surface area contributed by atoms with Crippen LogP contribution in [0.5, 0.6) is 0 Å². The second-order valence-corrected chi connectivity index (χ2v) is 12.4. The molecule has 4 aliphatic heterocycles. The summed E-state index contributed by atoms with van der Waals surface area (Å²) in [7, 11) is 0. The van der Waals surface area contributed by atoms with Crippen LogP contribution in [0.2, 0.25) is 0 Å². The van der Waals surface area contributed by atoms with Crippen molar-refractivity contribution >= 4 is 0 Å². The lowest BCUT2D eigenvalue weighted by molar-refractivity contribution is -0.302. The van der Waals surface area contributed by atoms with Gasteiger partial charge in [-0.1, -0.05) is 12.8 Å². The highest BCUT2D eigenvalue weighted by atomic mass is 16.8. The average molecular weight is 564 g/mol. The number of hydrogen-bond donors (Lipinski definition) is 2. The molecule has 2 spiro atoms. The van der Waals surface area contributed by atoms with Crippen molar-refractivity contribution in [3.05, 3.63) is 32.6 Å². The second kappa shape index (κ2) is 10.6. The molecule has 0 amide bonds.